The summed E-state index contributed by atoms with van der Waals surface area (Å²) in [5, 5.41) is 7.61. The average Bonchev–Trinajstić information content (AvgIpc) is 2.15. The Bertz CT molecular complexity index is 393. The molecule has 8 heteroatoms. The lowest BCUT2D eigenvalue weighted by atomic mass is 10.1. The maximum absolute atomic E-state index is 12.3. The monoisotopic (exact) mass is 261 g/mol. The number of hydrogen-bond donors (Lipinski definition) is 1. The summed E-state index contributed by atoms with van der Waals surface area (Å²) in [6.45, 7) is -0.965. The van der Waals surface area contributed by atoms with Gasteiger partial charge in [-0.1, -0.05) is 11.6 Å². The topological polar surface area (TPSA) is 33.1 Å². The van der Waals surface area contributed by atoms with E-state index < -0.39 is 41.2 Å². The van der Waals surface area contributed by atoms with Crippen molar-refractivity contribution >= 4 is 11.6 Å². The van der Waals surface area contributed by atoms with E-state index in [1.807, 2.05) is 0 Å². The molecule has 1 aromatic heterocycles. The third kappa shape index (κ3) is 2.59. The molecule has 0 radical (unpaired) electrons. The molecule has 0 amide bonds. The van der Waals surface area contributed by atoms with Crippen LogP contribution in [0.4, 0.5) is 22.0 Å². The molecule has 0 saturated heterocycles. The summed E-state index contributed by atoms with van der Waals surface area (Å²) < 4.78 is 61.5. The van der Waals surface area contributed by atoms with Crippen molar-refractivity contribution < 1.29 is 27.1 Å². The number of aromatic nitrogens is 1. The molecule has 1 heterocycles. The fraction of sp³-hybridized carbons (Fsp3) is 0.375. The number of nitrogens with zero attached hydrogens (tertiary/aromatic N) is 1. The highest BCUT2D eigenvalue weighted by Crippen LogP contribution is 2.36. The van der Waals surface area contributed by atoms with Crippen LogP contribution in [0.5, 0.6) is 0 Å². The van der Waals surface area contributed by atoms with Gasteiger partial charge >= 0.3 is 6.18 Å². The normalized spacial score (nSPS) is 12.2. The van der Waals surface area contributed by atoms with Crippen molar-refractivity contribution in [2.45, 2.75) is 19.2 Å². The molecule has 0 aromatic carbocycles. The van der Waals surface area contributed by atoms with Gasteiger partial charge in [-0.25, -0.2) is 13.8 Å². The number of rotatable bonds is 2. The van der Waals surface area contributed by atoms with E-state index in [0.717, 1.165) is 0 Å². The van der Waals surface area contributed by atoms with Gasteiger partial charge in [0.1, 0.15) is 10.8 Å². The molecule has 0 fully saturated rings. The summed E-state index contributed by atoms with van der Waals surface area (Å²) in [4.78, 5) is 2.95. The van der Waals surface area contributed by atoms with Crippen LogP contribution in [0.2, 0.25) is 5.15 Å². The third-order valence-corrected chi connectivity index (χ3v) is 2.06. The highest BCUT2D eigenvalue weighted by molar-refractivity contribution is 6.30. The first-order chi connectivity index (χ1) is 7.27. The van der Waals surface area contributed by atoms with E-state index in [1.54, 1.807) is 0 Å². The Morgan fingerprint density at radius 2 is 1.94 bits per heavy atom. The smallest absolute Gasteiger partial charge is 0.392 e. The summed E-state index contributed by atoms with van der Waals surface area (Å²) >= 11 is 5.14. The first-order valence-electron chi connectivity index (χ1n) is 3.93. The number of aliphatic hydroxyl groups is 1. The largest absolute Gasteiger partial charge is 0.419 e. The van der Waals surface area contributed by atoms with Crippen LogP contribution in [0.25, 0.3) is 0 Å². The third-order valence-electron chi connectivity index (χ3n) is 1.77. The number of halogens is 6. The fourth-order valence-electron chi connectivity index (χ4n) is 1.06. The summed E-state index contributed by atoms with van der Waals surface area (Å²) in [7, 11) is 0. The van der Waals surface area contributed by atoms with Gasteiger partial charge in [0.05, 0.1) is 12.2 Å². The molecule has 16 heavy (non-hydrogen) atoms. The fourth-order valence-corrected chi connectivity index (χ4v) is 1.31. The van der Waals surface area contributed by atoms with Crippen molar-refractivity contribution in [3.8, 4) is 0 Å². The minimum Gasteiger partial charge on any atom is -0.392 e. The van der Waals surface area contributed by atoms with E-state index in [1.165, 1.54) is 0 Å². The molecule has 0 atom stereocenters. The molecule has 1 N–H and O–H groups in total. The van der Waals surface area contributed by atoms with E-state index in [-0.39, 0.29) is 0 Å². The van der Waals surface area contributed by atoms with Crippen molar-refractivity contribution in [1.82, 2.24) is 4.98 Å². The second kappa shape index (κ2) is 4.50. The molecule has 0 bridgehead atoms. The van der Waals surface area contributed by atoms with Crippen LogP contribution in [-0.2, 0) is 12.8 Å². The number of hydrogen-bond acceptors (Lipinski definition) is 2. The quantitative estimate of drug-likeness (QED) is 0.655. The molecule has 90 valence electrons. The Hall–Kier alpha value is -0.950. The van der Waals surface area contributed by atoms with E-state index in [2.05, 4.69) is 4.98 Å². The molecular weight excluding hydrogens is 257 g/mol. The number of aliphatic hydroxyl groups excluding tert-OH is 1. The number of alkyl halides is 5. The highest BCUT2D eigenvalue weighted by atomic mass is 35.5. The van der Waals surface area contributed by atoms with E-state index in [0.29, 0.717) is 6.07 Å². The number of pyridine rings is 1. The standard InChI is InChI=1S/C8H5ClF5NO/c9-6-4(8(12,13)14)1-3(2-16)5(15-6)7(10)11/h1,7,16H,2H2. The van der Waals surface area contributed by atoms with Crippen LogP contribution in [0.15, 0.2) is 6.07 Å². The predicted octanol–water partition coefficient (Wildman–Crippen LogP) is 3.18. The Balaban J connectivity index is 3.37. The van der Waals surface area contributed by atoms with Crippen LogP contribution in [0.3, 0.4) is 0 Å². The zero-order valence-corrected chi connectivity index (χ0v) is 8.28. The van der Waals surface area contributed by atoms with E-state index >= 15 is 0 Å². The Morgan fingerprint density at radius 1 is 1.38 bits per heavy atom. The summed E-state index contributed by atoms with van der Waals surface area (Å²) in [6.07, 6.45) is -7.89. The van der Waals surface area contributed by atoms with Gasteiger partial charge in [-0.05, 0) is 6.07 Å². The SMILES string of the molecule is OCc1cc(C(F)(F)F)c(Cl)nc1C(F)F. The second-order valence-electron chi connectivity index (χ2n) is 2.83. The molecular formula is C8H5ClF5NO. The first kappa shape index (κ1) is 13.1. The molecule has 0 aliphatic heterocycles. The van der Waals surface area contributed by atoms with Crippen molar-refractivity contribution in [3.63, 3.8) is 0 Å². The van der Waals surface area contributed by atoms with Crippen LogP contribution < -0.4 is 0 Å². The van der Waals surface area contributed by atoms with Gasteiger partial charge in [-0.2, -0.15) is 13.2 Å². The maximum atomic E-state index is 12.3. The van der Waals surface area contributed by atoms with Crippen molar-refractivity contribution in [3.05, 3.63) is 28.0 Å². The molecule has 1 aromatic rings. The van der Waals surface area contributed by atoms with Gasteiger partial charge in [0, 0.05) is 5.56 Å². The predicted molar refractivity (Wildman–Crippen MR) is 45.1 cm³/mol. The van der Waals surface area contributed by atoms with Crippen LogP contribution in [0, 0.1) is 0 Å². The summed E-state index contributed by atoms with van der Waals surface area (Å²) in [5.74, 6) is 0. The second-order valence-corrected chi connectivity index (χ2v) is 3.19. The Morgan fingerprint density at radius 3 is 2.31 bits per heavy atom. The lowest BCUT2D eigenvalue weighted by molar-refractivity contribution is -0.137. The molecule has 0 spiro atoms. The summed E-state index contributed by atoms with van der Waals surface area (Å²) in [6, 6.07) is 0.372. The zero-order valence-electron chi connectivity index (χ0n) is 7.52. The maximum Gasteiger partial charge on any atom is 0.419 e. The molecule has 0 saturated carbocycles. The van der Waals surface area contributed by atoms with Crippen molar-refractivity contribution in [2.24, 2.45) is 0 Å². The first-order valence-corrected chi connectivity index (χ1v) is 4.30. The minimum absolute atomic E-state index is 0.372. The van der Waals surface area contributed by atoms with Crippen molar-refractivity contribution in [1.29, 1.82) is 0 Å². The van der Waals surface area contributed by atoms with Gasteiger partial charge in [0.25, 0.3) is 6.43 Å². The van der Waals surface area contributed by atoms with Crippen LogP contribution >= 0.6 is 11.6 Å². The summed E-state index contributed by atoms with van der Waals surface area (Å²) in [5.41, 5.74) is -2.88. The van der Waals surface area contributed by atoms with Crippen LogP contribution in [0.1, 0.15) is 23.2 Å². The highest BCUT2D eigenvalue weighted by Gasteiger charge is 2.35. The minimum atomic E-state index is -4.80. The van der Waals surface area contributed by atoms with Gasteiger partial charge < -0.3 is 5.11 Å². The van der Waals surface area contributed by atoms with Gasteiger partial charge in [-0.15, -0.1) is 0 Å². The molecule has 2 nitrogen and oxygen atoms in total. The molecule has 0 aliphatic carbocycles. The molecule has 1 rings (SSSR count). The Kier molecular flexibility index (Phi) is 3.69. The lowest BCUT2D eigenvalue weighted by Gasteiger charge is -2.12. The van der Waals surface area contributed by atoms with Crippen molar-refractivity contribution in [2.75, 3.05) is 0 Å². The van der Waals surface area contributed by atoms with Gasteiger partial charge in [0.15, 0.2) is 0 Å². The Labute approximate surface area is 91.7 Å². The van der Waals surface area contributed by atoms with Gasteiger partial charge in [-0.3, -0.25) is 0 Å². The molecule has 0 unspecified atom stereocenters. The van der Waals surface area contributed by atoms with E-state index in [4.69, 9.17) is 16.7 Å². The van der Waals surface area contributed by atoms with E-state index in [9.17, 15) is 22.0 Å². The molecule has 0 aliphatic rings. The lowest BCUT2D eigenvalue weighted by Crippen LogP contribution is -2.10. The average molecular weight is 262 g/mol. The van der Waals surface area contributed by atoms with Crippen LogP contribution in [-0.4, -0.2) is 10.1 Å². The zero-order chi connectivity index (χ0) is 12.5. The van der Waals surface area contributed by atoms with Gasteiger partial charge in [0.2, 0.25) is 0 Å².